The van der Waals surface area contributed by atoms with Gasteiger partial charge >= 0.3 is 0 Å². The van der Waals surface area contributed by atoms with Crippen molar-refractivity contribution in [3.8, 4) is 0 Å². The van der Waals surface area contributed by atoms with E-state index < -0.39 is 0 Å². The zero-order chi connectivity index (χ0) is 20.9. The molecule has 0 aliphatic rings. The van der Waals surface area contributed by atoms with Crippen molar-refractivity contribution < 1.29 is 9.59 Å². The third kappa shape index (κ3) is 4.25. The molecule has 150 valence electrons. The Morgan fingerprint density at radius 1 is 0.900 bits per heavy atom. The van der Waals surface area contributed by atoms with Gasteiger partial charge in [0.1, 0.15) is 0 Å². The molecular formula is C25H23N3O2. The summed E-state index contributed by atoms with van der Waals surface area (Å²) in [5.74, 6) is -0.398. The van der Waals surface area contributed by atoms with Crippen molar-refractivity contribution in [2.75, 3.05) is 5.32 Å². The minimum Gasteiger partial charge on any atom is -0.361 e. The average Bonchev–Trinajstić information content (AvgIpc) is 3.17. The Balaban J connectivity index is 1.47. The molecule has 0 fully saturated rings. The number of aromatic amines is 1. The molecule has 0 saturated carbocycles. The number of carbonyl (C=O) groups excluding carboxylic acids is 2. The molecule has 0 spiro atoms. The molecule has 0 radical (unpaired) electrons. The highest BCUT2D eigenvalue weighted by atomic mass is 16.2. The number of carbonyl (C=O) groups is 2. The first-order valence-electron chi connectivity index (χ1n) is 9.91. The molecule has 0 aliphatic carbocycles. The Hall–Kier alpha value is -3.86. The number of nitrogens with one attached hydrogen (secondary N) is 3. The van der Waals surface area contributed by atoms with Crippen LogP contribution < -0.4 is 10.6 Å². The number of amides is 2. The van der Waals surface area contributed by atoms with Gasteiger partial charge in [-0.2, -0.15) is 0 Å². The molecule has 3 N–H and O–H groups in total. The molecule has 0 unspecified atom stereocenters. The minimum absolute atomic E-state index is 0.145. The summed E-state index contributed by atoms with van der Waals surface area (Å²) in [6.07, 6.45) is 2.07. The Bertz CT molecular complexity index is 1180. The van der Waals surface area contributed by atoms with E-state index in [4.69, 9.17) is 0 Å². The van der Waals surface area contributed by atoms with E-state index in [1.54, 1.807) is 24.3 Å². The lowest BCUT2D eigenvalue weighted by Gasteiger charge is -2.16. The van der Waals surface area contributed by atoms with Gasteiger partial charge in [0.2, 0.25) is 5.91 Å². The van der Waals surface area contributed by atoms with Gasteiger partial charge in [-0.25, -0.2) is 0 Å². The monoisotopic (exact) mass is 397 g/mol. The first-order valence-corrected chi connectivity index (χ1v) is 9.91. The maximum Gasteiger partial charge on any atom is 0.253 e. The molecule has 1 atom stereocenters. The third-order valence-corrected chi connectivity index (χ3v) is 5.12. The molecule has 0 aliphatic heterocycles. The fourth-order valence-corrected chi connectivity index (χ4v) is 3.53. The molecule has 30 heavy (non-hydrogen) atoms. The second-order valence-corrected chi connectivity index (χ2v) is 7.24. The van der Waals surface area contributed by atoms with Gasteiger partial charge in [-0.3, -0.25) is 9.59 Å². The van der Waals surface area contributed by atoms with Gasteiger partial charge in [-0.05, 0) is 36.2 Å². The van der Waals surface area contributed by atoms with Crippen LogP contribution in [0.5, 0.6) is 0 Å². The van der Waals surface area contributed by atoms with Gasteiger partial charge in [-0.1, -0.05) is 60.7 Å². The summed E-state index contributed by atoms with van der Waals surface area (Å²) in [4.78, 5) is 28.7. The van der Waals surface area contributed by atoms with E-state index in [9.17, 15) is 9.59 Å². The molecule has 5 heteroatoms. The second kappa shape index (κ2) is 8.66. The lowest BCUT2D eigenvalue weighted by molar-refractivity contribution is -0.115. The van der Waals surface area contributed by atoms with Crippen molar-refractivity contribution in [1.29, 1.82) is 0 Å². The molecular weight excluding hydrogens is 374 g/mol. The third-order valence-electron chi connectivity index (χ3n) is 5.12. The lowest BCUT2D eigenvalue weighted by Crippen LogP contribution is -2.28. The fourth-order valence-electron chi connectivity index (χ4n) is 3.53. The van der Waals surface area contributed by atoms with Crippen molar-refractivity contribution in [3.05, 3.63) is 102 Å². The van der Waals surface area contributed by atoms with Crippen LogP contribution in [0.3, 0.4) is 0 Å². The van der Waals surface area contributed by atoms with Crippen LogP contribution in [0.15, 0.2) is 85.1 Å². The Labute approximate surface area is 175 Å². The molecule has 5 nitrogen and oxygen atoms in total. The standard InChI is InChI=1S/C25H23N3O2/c1-17(18-9-3-2-4-10-18)27-25(30)21-12-6-8-14-23(21)28-24(29)15-19-16-26-22-13-7-5-11-20(19)22/h2-14,16-17,26H,15H2,1H3,(H,27,30)(H,28,29)/t17-/m1/s1. The highest BCUT2D eigenvalue weighted by molar-refractivity contribution is 6.04. The highest BCUT2D eigenvalue weighted by Gasteiger charge is 2.16. The van der Waals surface area contributed by atoms with Crippen LogP contribution in [0.1, 0.15) is 34.5 Å². The Kier molecular flexibility index (Phi) is 5.61. The summed E-state index contributed by atoms with van der Waals surface area (Å²) < 4.78 is 0. The summed E-state index contributed by atoms with van der Waals surface area (Å²) >= 11 is 0. The van der Waals surface area contributed by atoms with E-state index in [0.717, 1.165) is 22.0 Å². The lowest BCUT2D eigenvalue weighted by atomic mass is 10.1. The number of rotatable bonds is 6. The van der Waals surface area contributed by atoms with Gasteiger partial charge in [-0.15, -0.1) is 0 Å². The number of hydrogen-bond acceptors (Lipinski definition) is 2. The topological polar surface area (TPSA) is 74.0 Å². The van der Waals surface area contributed by atoms with Gasteiger partial charge in [0.25, 0.3) is 5.91 Å². The largest absolute Gasteiger partial charge is 0.361 e. The van der Waals surface area contributed by atoms with Crippen molar-refractivity contribution >= 4 is 28.4 Å². The number of anilines is 1. The summed E-state index contributed by atoms with van der Waals surface area (Å²) in [5.41, 5.74) is 3.87. The molecule has 4 rings (SSSR count). The molecule has 0 bridgehead atoms. The summed E-state index contributed by atoms with van der Waals surface area (Å²) in [7, 11) is 0. The normalized spacial score (nSPS) is 11.8. The first-order chi connectivity index (χ1) is 14.6. The number of aromatic nitrogens is 1. The van der Waals surface area contributed by atoms with Gasteiger partial charge < -0.3 is 15.6 Å². The predicted molar refractivity (Wildman–Crippen MR) is 119 cm³/mol. The van der Waals surface area contributed by atoms with E-state index in [0.29, 0.717) is 11.3 Å². The van der Waals surface area contributed by atoms with E-state index >= 15 is 0 Å². The van der Waals surface area contributed by atoms with E-state index in [1.165, 1.54) is 0 Å². The van der Waals surface area contributed by atoms with Crippen LogP contribution >= 0.6 is 0 Å². The predicted octanol–water partition coefficient (Wildman–Crippen LogP) is 4.84. The van der Waals surface area contributed by atoms with Gasteiger partial charge in [0.05, 0.1) is 23.7 Å². The molecule has 0 saturated heterocycles. The Morgan fingerprint density at radius 3 is 2.43 bits per heavy atom. The zero-order valence-corrected chi connectivity index (χ0v) is 16.7. The van der Waals surface area contributed by atoms with Crippen LogP contribution in [0.2, 0.25) is 0 Å². The number of para-hydroxylation sites is 2. The molecule has 1 heterocycles. The Morgan fingerprint density at radius 2 is 1.60 bits per heavy atom. The average molecular weight is 397 g/mol. The van der Waals surface area contributed by atoms with Crippen molar-refractivity contribution in [2.24, 2.45) is 0 Å². The first kappa shape index (κ1) is 19.5. The van der Waals surface area contributed by atoms with Gasteiger partial charge in [0.15, 0.2) is 0 Å². The number of fused-ring (bicyclic) bond motifs is 1. The van der Waals surface area contributed by atoms with Crippen LogP contribution in [-0.4, -0.2) is 16.8 Å². The minimum atomic E-state index is -0.227. The SMILES string of the molecule is C[C@@H](NC(=O)c1ccccc1NC(=O)Cc1c[nH]c2ccccc12)c1ccccc1. The number of H-pyrrole nitrogens is 1. The van der Waals surface area contributed by atoms with E-state index in [1.807, 2.05) is 67.7 Å². The summed E-state index contributed by atoms with van der Waals surface area (Å²) in [6, 6.07) is 24.5. The highest BCUT2D eigenvalue weighted by Crippen LogP contribution is 2.21. The van der Waals surface area contributed by atoms with E-state index in [2.05, 4.69) is 15.6 Å². The van der Waals surface area contributed by atoms with Crippen LogP contribution in [0, 0.1) is 0 Å². The molecule has 3 aromatic carbocycles. The van der Waals surface area contributed by atoms with Crippen molar-refractivity contribution in [3.63, 3.8) is 0 Å². The van der Waals surface area contributed by atoms with E-state index in [-0.39, 0.29) is 24.3 Å². The molecule has 2 amide bonds. The smallest absolute Gasteiger partial charge is 0.253 e. The second-order valence-electron chi connectivity index (χ2n) is 7.24. The summed E-state index contributed by atoms with van der Waals surface area (Å²) in [6.45, 7) is 1.94. The van der Waals surface area contributed by atoms with Crippen LogP contribution in [0.4, 0.5) is 5.69 Å². The van der Waals surface area contributed by atoms with Crippen molar-refractivity contribution in [1.82, 2.24) is 10.3 Å². The quantitative estimate of drug-likeness (QED) is 0.435. The maximum atomic E-state index is 12.9. The molecule has 4 aromatic rings. The maximum absolute atomic E-state index is 12.9. The number of hydrogen-bond donors (Lipinski definition) is 3. The van der Waals surface area contributed by atoms with Crippen molar-refractivity contribution in [2.45, 2.75) is 19.4 Å². The zero-order valence-electron chi connectivity index (χ0n) is 16.7. The van der Waals surface area contributed by atoms with Crippen LogP contribution in [-0.2, 0) is 11.2 Å². The summed E-state index contributed by atoms with van der Waals surface area (Å²) in [5, 5.41) is 6.92. The number of benzene rings is 3. The van der Waals surface area contributed by atoms with Crippen LogP contribution in [0.25, 0.3) is 10.9 Å². The molecule has 1 aromatic heterocycles. The van der Waals surface area contributed by atoms with Gasteiger partial charge in [0, 0.05) is 17.1 Å². The fraction of sp³-hybridized carbons (Fsp3) is 0.120.